The van der Waals surface area contributed by atoms with Crippen LogP contribution in [0.3, 0.4) is 0 Å². The van der Waals surface area contributed by atoms with Crippen LogP contribution in [0.5, 0.6) is 0 Å². The van der Waals surface area contributed by atoms with Crippen LogP contribution in [0.2, 0.25) is 0 Å². The first-order chi connectivity index (χ1) is 8.51. The van der Waals surface area contributed by atoms with E-state index in [1.165, 1.54) is 32.1 Å². The Morgan fingerprint density at radius 2 is 1.94 bits per heavy atom. The third-order valence-electron chi connectivity index (χ3n) is 4.56. The van der Waals surface area contributed by atoms with E-state index < -0.39 is 18.0 Å². The molecule has 0 unspecified atom stereocenters. The van der Waals surface area contributed by atoms with Crippen LogP contribution in [0.25, 0.3) is 0 Å². The molecule has 2 saturated carbocycles. The van der Waals surface area contributed by atoms with Crippen molar-refractivity contribution in [3.8, 4) is 0 Å². The summed E-state index contributed by atoms with van der Waals surface area (Å²) in [5.41, 5.74) is 0.293. The Balaban J connectivity index is 1.82. The number of carbonyl (C=O) groups is 2. The van der Waals surface area contributed by atoms with Gasteiger partial charge in [-0.25, -0.2) is 0 Å². The highest BCUT2D eigenvalue weighted by atomic mass is 16.4. The molecule has 2 aliphatic carbocycles. The fraction of sp³-hybridized carbons (Fsp3) is 0.846. The van der Waals surface area contributed by atoms with Gasteiger partial charge in [0, 0.05) is 13.0 Å². The number of rotatable bonds is 7. The van der Waals surface area contributed by atoms with Crippen molar-refractivity contribution in [3.05, 3.63) is 0 Å². The first-order valence-corrected chi connectivity index (χ1v) is 6.69. The standard InChI is InChI=1S/C13H21NO4/c15-11(16)2-1-10(12(17)18)14-8-13-5-3-9(7-13)4-6-13/h9-10,14H,1-8H2,(H,15,16)(H,17,18)/t9?,10-,13?/m0/s1. The van der Waals surface area contributed by atoms with Gasteiger partial charge in [0.05, 0.1) is 0 Å². The zero-order chi connectivity index (χ0) is 13.2. The first kappa shape index (κ1) is 13.3. The third-order valence-corrected chi connectivity index (χ3v) is 4.56. The molecule has 0 aromatic rings. The van der Waals surface area contributed by atoms with Gasteiger partial charge in [-0.2, -0.15) is 0 Å². The highest BCUT2D eigenvalue weighted by Gasteiger charge is 2.44. The summed E-state index contributed by atoms with van der Waals surface area (Å²) >= 11 is 0. The number of carboxylic acids is 2. The van der Waals surface area contributed by atoms with Crippen LogP contribution < -0.4 is 5.32 Å². The lowest BCUT2D eigenvalue weighted by Gasteiger charge is -2.28. The number of hydrogen-bond acceptors (Lipinski definition) is 3. The van der Waals surface area contributed by atoms with E-state index in [0.29, 0.717) is 5.41 Å². The molecule has 0 aromatic heterocycles. The van der Waals surface area contributed by atoms with Gasteiger partial charge in [-0.1, -0.05) is 0 Å². The van der Waals surface area contributed by atoms with E-state index in [1.54, 1.807) is 0 Å². The number of aliphatic carboxylic acids is 2. The second-order valence-electron chi connectivity index (χ2n) is 5.85. The van der Waals surface area contributed by atoms with Crippen molar-refractivity contribution in [1.82, 2.24) is 5.32 Å². The van der Waals surface area contributed by atoms with Gasteiger partial charge in [-0.15, -0.1) is 0 Å². The van der Waals surface area contributed by atoms with Crippen molar-refractivity contribution in [3.63, 3.8) is 0 Å². The van der Waals surface area contributed by atoms with E-state index in [0.717, 1.165) is 12.5 Å². The van der Waals surface area contributed by atoms with Gasteiger partial charge in [-0.05, 0) is 49.9 Å². The Morgan fingerprint density at radius 1 is 1.28 bits per heavy atom. The summed E-state index contributed by atoms with van der Waals surface area (Å²) in [6.45, 7) is 0.722. The predicted octanol–water partition coefficient (Wildman–Crippen LogP) is 1.47. The van der Waals surface area contributed by atoms with Gasteiger partial charge >= 0.3 is 11.9 Å². The smallest absolute Gasteiger partial charge is 0.320 e. The minimum Gasteiger partial charge on any atom is -0.481 e. The van der Waals surface area contributed by atoms with Gasteiger partial charge in [0.15, 0.2) is 0 Å². The zero-order valence-corrected chi connectivity index (χ0v) is 10.5. The third kappa shape index (κ3) is 3.02. The fourth-order valence-corrected chi connectivity index (χ4v) is 3.48. The second kappa shape index (κ2) is 5.26. The monoisotopic (exact) mass is 255 g/mol. The van der Waals surface area contributed by atoms with E-state index >= 15 is 0 Å². The number of fused-ring (bicyclic) bond motifs is 2. The Morgan fingerprint density at radius 3 is 2.39 bits per heavy atom. The van der Waals surface area contributed by atoms with E-state index in [1.807, 2.05) is 0 Å². The van der Waals surface area contributed by atoms with Crippen molar-refractivity contribution in [1.29, 1.82) is 0 Å². The minimum atomic E-state index is -0.944. The molecule has 18 heavy (non-hydrogen) atoms. The predicted molar refractivity (Wildman–Crippen MR) is 65.3 cm³/mol. The largest absolute Gasteiger partial charge is 0.481 e. The van der Waals surface area contributed by atoms with Gasteiger partial charge in [0.2, 0.25) is 0 Å². The molecule has 0 radical (unpaired) electrons. The summed E-state index contributed by atoms with van der Waals surface area (Å²) in [4.78, 5) is 21.6. The average Bonchev–Trinajstić information content (AvgIpc) is 2.88. The van der Waals surface area contributed by atoms with Crippen LogP contribution in [0, 0.1) is 11.3 Å². The molecule has 0 aromatic carbocycles. The molecule has 2 bridgehead atoms. The van der Waals surface area contributed by atoms with Crippen molar-refractivity contribution < 1.29 is 19.8 Å². The minimum absolute atomic E-state index is 0.0976. The van der Waals surface area contributed by atoms with E-state index in [9.17, 15) is 9.59 Å². The number of carboxylic acid groups (broad SMARTS) is 2. The summed E-state index contributed by atoms with van der Waals surface area (Å²) in [6.07, 6.45) is 6.20. The van der Waals surface area contributed by atoms with Crippen molar-refractivity contribution in [2.75, 3.05) is 6.54 Å². The molecule has 0 spiro atoms. The van der Waals surface area contributed by atoms with Crippen molar-refractivity contribution in [2.24, 2.45) is 11.3 Å². The fourth-order valence-electron chi connectivity index (χ4n) is 3.48. The van der Waals surface area contributed by atoms with Crippen LogP contribution in [0.15, 0.2) is 0 Å². The Kier molecular flexibility index (Phi) is 3.90. The molecule has 1 atom stereocenters. The molecule has 2 rings (SSSR count). The van der Waals surface area contributed by atoms with Crippen LogP contribution in [-0.4, -0.2) is 34.7 Å². The summed E-state index contributed by atoms with van der Waals surface area (Å²) in [5, 5.41) is 20.8. The second-order valence-corrected chi connectivity index (χ2v) is 5.85. The Labute approximate surface area is 107 Å². The number of hydrogen-bond donors (Lipinski definition) is 3. The molecule has 3 N–H and O–H groups in total. The molecule has 102 valence electrons. The van der Waals surface area contributed by atoms with Crippen LogP contribution in [-0.2, 0) is 9.59 Å². The van der Waals surface area contributed by atoms with Crippen molar-refractivity contribution in [2.45, 2.75) is 51.0 Å². The van der Waals surface area contributed by atoms with E-state index in [4.69, 9.17) is 10.2 Å². The Bertz CT molecular complexity index is 334. The van der Waals surface area contributed by atoms with Crippen molar-refractivity contribution >= 4 is 11.9 Å². The average molecular weight is 255 g/mol. The van der Waals surface area contributed by atoms with E-state index in [-0.39, 0.29) is 12.8 Å². The summed E-state index contributed by atoms with van der Waals surface area (Å²) < 4.78 is 0. The SMILES string of the molecule is O=C(O)CC[C@H](NCC12CCC(CC1)C2)C(=O)O. The summed E-state index contributed by atoms with van der Waals surface area (Å²) in [7, 11) is 0. The maximum atomic E-state index is 11.1. The number of nitrogens with one attached hydrogen (secondary N) is 1. The topological polar surface area (TPSA) is 86.6 Å². The van der Waals surface area contributed by atoms with Crippen LogP contribution in [0.1, 0.15) is 44.9 Å². The van der Waals surface area contributed by atoms with Gasteiger partial charge in [-0.3, -0.25) is 9.59 Å². The van der Waals surface area contributed by atoms with Gasteiger partial charge in [0.1, 0.15) is 6.04 Å². The lowest BCUT2D eigenvalue weighted by atomic mass is 9.84. The highest BCUT2D eigenvalue weighted by molar-refractivity contribution is 5.75. The van der Waals surface area contributed by atoms with Gasteiger partial charge < -0.3 is 15.5 Å². The van der Waals surface area contributed by atoms with Gasteiger partial charge in [0.25, 0.3) is 0 Å². The highest BCUT2D eigenvalue weighted by Crippen LogP contribution is 2.53. The maximum absolute atomic E-state index is 11.1. The lowest BCUT2D eigenvalue weighted by Crippen LogP contribution is -2.42. The normalized spacial score (nSPS) is 31.4. The first-order valence-electron chi connectivity index (χ1n) is 6.69. The Hall–Kier alpha value is -1.10. The lowest BCUT2D eigenvalue weighted by molar-refractivity contribution is -0.140. The quantitative estimate of drug-likeness (QED) is 0.641. The molecule has 0 saturated heterocycles. The molecule has 2 aliphatic rings. The molecule has 5 nitrogen and oxygen atoms in total. The van der Waals surface area contributed by atoms with Crippen LogP contribution in [0.4, 0.5) is 0 Å². The van der Waals surface area contributed by atoms with E-state index in [2.05, 4.69) is 5.32 Å². The molecular formula is C13H21NO4. The summed E-state index contributed by atoms with van der Waals surface area (Å²) in [5.74, 6) is -1.04. The molecule has 2 fully saturated rings. The zero-order valence-electron chi connectivity index (χ0n) is 10.5. The maximum Gasteiger partial charge on any atom is 0.320 e. The molecule has 0 amide bonds. The van der Waals surface area contributed by atoms with Crippen LogP contribution >= 0.6 is 0 Å². The molecule has 5 heteroatoms. The molecular weight excluding hydrogens is 234 g/mol. The summed E-state index contributed by atoms with van der Waals surface area (Å²) in [6, 6.07) is -0.727. The molecule has 0 aliphatic heterocycles. The molecule has 0 heterocycles.